The number of amides is 1. The highest BCUT2D eigenvalue weighted by Gasteiger charge is 2.39. The number of allylic oxidation sites excluding steroid dienone is 1. The Morgan fingerprint density at radius 1 is 1.23 bits per heavy atom. The van der Waals surface area contributed by atoms with Crippen LogP contribution in [0.2, 0.25) is 0 Å². The molecule has 1 atom stereocenters. The van der Waals surface area contributed by atoms with Gasteiger partial charge in [-0.2, -0.15) is 0 Å². The zero-order valence-corrected chi connectivity index (χ0v) is 18.9. The molecule has 1 aliphatic rings. The molecule has 1 aliphatic heterocycles. The molecule has 0 saturated heterocycles. The summed E-state index contributed by atoms with van der Waals surface area (Å²) >= 11 is 5.16. The van der Waals surface area contributed by atoms with Crippen LogP contribution >= 0.6 is 27.3 Å². The maximum Gasteiger partial charge on any atom is 0.417 e. The van der Waals surface area contributed by atoms with Gasteiger partial charge in [-0.25, -0.2) is 10.4 Å². The number of hydrogen-bond acceptors (Lipinski definition) is 5. The molecule has 154 valence electrons. The van der Waals surface area contributed by atoms with E-state index in [4.69, 9.17) is 4.98 Å². The standard InChI is InChI=1S/C22H17BrN6OS/c1-13-18(21(30)26-16-7-3-9-24-12-16)19(14-5-2-6-15(23)11-14)29-22(25-13)27-20(28-29)17-8-4-10-31-17/h2-12,19H,1H3,(H2,25,26,27,28,30)/p+1. The first-order valence-corrected chi connectivity index (χ1v) is 11.3. The van der Waals surface area contributed by atoms with Crippen LogP contribution in [0.15, 0.2) is 82.0 Å². The van der Waals surface area contributed by atoms with Crippen molar-refractivity contribution in [1.29, 1.82) is 0 Å². The number of halogens is 1. The van der Waals surface area contributed by atoms with Gasteiger partial charge in [0.1, 0.15) is 0 Å². The molecule has 5 rings (SSSR count). The number of nitrogens with zero attached hydrogens (tertiary/aromatic N) is 3. The van der Waals surface area contributed by atoms with E-state index >= 15 is 0 Å². The molecule has 0 aliphatic carbocycles. The van der Waals surface area contributed by atoms with E-state index < -0.39 is 0 Å². The predicted octanol–water partition coefficient (Wildman–Crippen LogP) is 4.51. The summed E-state index contributed by atoms with van der Waals surface area (Å²) in [7, 11) is 0. The van der Waals surface area contributed by atoms with E-state index in [1.54, 1.807) is 29.8 Å². The van der Waals surface area contributed by atoms with Crippen LogP contribution in [0.5, 0.6) is 0 Å². The number of thiophene rings is 1. The Morgan fingerprint density at radius 3 is 2.87 bits per heavy atom. The molecule has 0 spiro atoms. The SMILES string of the molecule is CC1=C(C(=O)Nc2cccnc2)C(c2cccc(Br)c2)[n+]2[nH]c(-c3cccs3)nc2N1. The minimum absolute atomic E-state index is 0.201. The van der Waals surface area contributed by atoms with Crippen molar-refractivity contribution in [3.05, 3.63) is 87.6 Å². The number of aromatic amines is 1. The number of H-pyrrole nitrogens is 1. The van der Waals surface area contributed by atoms with Crippen molar-refractivity contribution in [2.75, 3.05) is 10.6 Å². The molecule has 3 N–H and O–H groups in total. The fraction of sp³-hybridized carbons (Fsp3) is 0.0909. The lowest BCUT2D eigenvalue weighted by atomic mass is 9.95. The van der Waals surface area contributed by atoms with Crippen molar-refractivity contribution in [2.24, 2.45) is 0 Å². The van der Waals surface area contributed by atoms with Crippen LogP contribution in [-0.2, 0) is 4.79 Å². The van der Waals surface area contributed by atoms with Crippen LogP contribution < -0.4 is 15.3 Å². The summed E-state index contributed by atoms with van der Waals surface area (Å²) in [6.07, 6.45) is 3.30. The molecule has 3 aromatic heterocycles. The van der Waals surface area contributed by atoms with Crippen molar-refractivity contribution < 1.29 is 9.48 Å². The molecule has 1 unspecified atom stereocenters. The van der Waals surface area contributed by atoms with Gasteiger partial charge in [-0.3, -0.25) is 9.78 Å². The summed E-state index contributed by atoms with van der Waals surface area (Å²) in [6, 6.07) is 15.2. The Bertz CT molecular complexity index is 1280. The Labute approximate surface area is 191 Å². The monoisotopic (exact) mass is 493 g/mol. The van der Waals surface area contributed by atoms with Gasteiger partial charge in [0.2, 0.25) is 0 Å². The number of anilines is 2. The largest absolute Gasteiger partial charge is 0.417 e. The predicted molar refractivity (Wildman–Crippen MR) is 124 cm³/mol. The Balaban J connectivity index is 1.62. The van der Waals surface area contributed by atoms with E-state index in [0.29, 0.717) is 17.2 Å². The number of carbonyl (C=O) groups excluding carboxylic acids is 1. The van der Waals surface area contributed by atoms with Gasteiger partial charge in [0.15, 0.2) is 6.04 Å². The average Bonchev–Trinajstić information content (AvgIpc) is 3.43. The molecule has 31 heavy (non-hydrogen) atoms. The highest BCUT2D eigenvalue weighted by Crippen LogP contribution is 2.32. The summed E-state index contributed by atoms with van der Waals surface area (Å²) < 4.78 is 2.84. The molecule has 0 radical (unpaired) electrons. The summed E-state index contributed by atoms with van der Waals surface area (Å²) in [5.74, 6) is 1.21. The first kappa shape index (κ1) is 19.7. The molecule has 9 heteroatoms. The number of carbonyl (C=O) groups is 1. The smallest absolute Gasteiger partial charge is 0.321 e. The Kier molecular flexibility index (Phi) is 5.13. The molecular formula is C22H18BrN6OS+. The summed E-state index contributed by atoms with van der Waals surface area (Å²) in [6.45, 7) is 1.89. The van der Waals surface area contributed by atoms with Crippen molar-refractivity contribution in [3.8, 4) is 10.7 Å². The summed E-state index contributed by atoms with van der Waals surface area (Å²) in [5, 5.41) is 11.7. The quantitative estimate of drug-likeness (QED) is 0.365. The molecule has 1 amide bonds. The van der Waals surface area contributed by atoms with Crippen LogP contribution in [0, 0.1) is 0 Å². The normalized spacial score (nSPS) is 15.4. The second-order valence-electron chi connectivity index (χ2n) is 7.06. The molecular weight excluding hydrogens is 476 g/mol. The number of aromatic nitrogens is 4. The second kappa shape index (κ2) is 8.09. The van der Waals surface area contributed by atoms with Gasteiger partial charge < -0.3 is 5.32 Å². The van der Waals surface area contributed by atoms with Gasteiger partial charge in [0.05, 0.1) is 28.0 Å². The minimum Gasteiger partial charge on any atom is -0.321 e. The van der Waals surface area contributed by atoms with E-state index in [1.807, 2.05) is 59.5 Å². The van der Waals surface area contributed by atoms with E-state index in [1.165, 1.54) is 0 Å². The van der Waals surface area contributed by atoms with Gasteiger partial charge in [-0.05, 0) is 53.2 Å². The first-order valence-electron chi connectivity index (χ1n) is 9.60. The van der Waals surface area contributed by atoms with Crippen molar-refractivity contribution in [1.82, 2.24) is 15.1 Å². The highest BCUT2D eigenvalue weighted by atomic mass is 79.9. The minimum atomic E-state index is -0.383. The third kappa shape index (κ3) is 3.77. The third-order valence-electron chi connectivity index (χ3n) is 4.99. The Hall–Kier alpha value is -3.30. The fourth-order valence-corrected chi connectivity index (χ4v) is 4.72. The van der Waals surface area contributed by atoms with E-state index in [2.05, 4.69) is 36.6 Å². The third-order valence-corrected chi connectivity index (χ3v) is 6.36. The van der Waals surface area contributed by atoms with Gasteiger partial charge in [-0.1, -0.05) is 34.1 Å². The molecule has 4 aromatic rings. The maximum atomic E-state index is 13.4. The number of hydrogen-bond donors (Lipinski definition) is 3. The highest BCUT2D eigenvalue weighted by molar-refractivity contribution is 9.10. The molecule has 1 aromatic carbocycles. The number of fused-ring (bicyclic) bond motifs is 1. The van der Waals surface area contributed by atoms with Gasteiger partial charge in [-0.15, -0.1) is 16.0 Å². The van der Waals surface area contributed by atoms with Crippen molar-refractivity contribution in [2.45, 2.75) is 13.0 Å². The molecule has 0 bridgehead atoms. The zero-order chi connectivity index (χ0) is 21.4. The molecule has 7 nitrogen and oxygen atoms in total. The molecule has 4 heterocycles. The summed E-state index contributed by atoms with van der Waals surface area (Å²) in [4.78, 5) is 23.2. The zero-order valence-electron chi connectivity index (χ0n) is 16.5. The second-order valence-corrected chi connectivity index (χ2v) is 8.92. The lowest BCUT2D eigenvalue weighted by molar-refractivity contribution is -0.746. The van der Waals surface area contributed by atoms with Crippen LogP contribution in [-0.4, -0.2) is 21.0 Å². The lowest BCUT2D eigenvalue weighted by Crippen LogP contribution is -2.50. The van der Waals surface area contributed by atoms with Crippen LogP contribution in [0.4, 0.5) is 11.6 Å². The maximum absolute atomic E-state index is 13.4. The lowest BCUT2D eigenvalue weighted by Gasteiger charge is -2.24. The van der Waals surface area contributed by atoms with E-state index in [-0.39, 0.29) is 11.9 Å². The van der Waals surface area contributed by atoms with Crippen LogP contribution in [0.25, 0.3) is 10.7 Å². The molecule has 0 fully saturated rings. The van der Waals surface area contributed by atoms with E-state index in [9.17, 15) is 4.79 Å². The van der Waals surface area contributed by atoms with Gasteiger partial charge in [0, 0.05) is 10.7 Å². The first-order chi connectivity index (χ1) is 15.1. The van der Waals surface area contributed by atoms with Crippen molar-refractivity contribution >= 4 is 44.8 Å². The number of nitrogens with one attached hydrogen (secondary N) is 3. The van der Waals surface area contributed by atoms with Crippen LogP contribution in [0.1, 0.15) is 18.5 Å². The van der Waals surface area contributed by atoms with Crippen LogP contribution in [0.3, 0.4) is 0 Å². The average molecular weight is 494 g/mol. The van der Waals surface area contributed by atoms with Crippen molar-refractivity contribution in [3.63, 3.8) is 0 Å². The van der Waals surface area contributed by atoms with E-state index in [0.717, 1.165) is 26.4 Å². The van der Waals surface area contributed by atoms with Gasteiger partial charge in [0.25, 0.3) is 11.7 Å². The molecule has 0 saturated carbocycles. The Morgan fingerprint density at radius 2 is 2.13 bits per heavy atom. The topological polar surface area (TPSA) is 86.6 Å². The number of benzene rings is 1. The fourth-order valence-electron chi connectivity index (χ4n) is 3.64. The number of pyridine rings is 1. The number of rotatable bonds is 4. The summed E-state index contributed by atoms with van der Waals surface area (Å²) in [5.41, 5.74) is 2.94. The van der Waals surface area contributed by atoms with Gasteiger partial charge >= 0.3 is 5.95 Å².